The maximum atomic E-state index is 11.6. The predicted molar refractivity (Wildman–Crippen MR) is 68.8 cm³/mol. The molecule has 17 heavy (non-hydrogen) atoms. The highest BCUT2D eigenvalue weighted by Gasteiger charge is 2.19. The van der Waals surface area contributed by atoms with Gasteiger partial charge in [0.15, 0.2) is 5.82 Å². The third-order valence-electron chi connectivity index (χ3n) is 2.27. The summed E-state index contributed by atoms with van der Waals surface area (Å²) in [6.45, 7) is 9.87. The molecule has 0 aromatic carbocycles. The van der Waals surface area contributed by atoms with E-state index in [1.54, 1.807) is 0 Å². The van der Waals surface area contributed by atoms with Crippen molar-refractivity contribution in [2.45, 2.75) is 52.0 Å². The average molecular weight is 238 g/mol. The third-order valence-corrected chi connectivity index (χ3v) is 2.27. The number of anilines is 1. The fraction of sp³-hybridized carbons (Fsp3) is 0.667. The van der Waals surface area contributed by atoms with Crippen molar-refractivity contribution in [1.82, 2.24) is 10.2 Å². The van der Waals surface area contributed by atoms with Gasteiger partial charge < -0.3 is 11.1 Å². The minimum Gasteiger partial charge on any atom is -0.325 e. The number of carbonyl (C=O) groups excluding carboxylic acids is 1. The largest absolute Gasteiger partial charge is 0.325 e. The van der Waals surface area contributed by atoms with E-state index < -0.39 is 5.54 Å². The highest BCUT2D eigenvalue weighted by Crippen LogP contribution is 2.22. The zero-order chi connectivity index (χ0) is 13.3. The normalized spacial score (nSPS) is 12.6. The van der Waals surface area contributed by atoms with Crippen LogP contribution in [-0.4, -0.2) is 21.6 Å². The Hall–Kier alpha value is -1.36. The maximum absolute atomic E-state index is 11.6. The Morgan fingerprint density at radius 1 is 1.41 bits per heavy atom. The minimum atomic E-state index is -0.507. The molecule has 0 saturated carbocycles. The van der Waals surface area contributed by atoms with Gasteiger partial charge >= 0.3 is 0 Å². The van der Waals surface area contributed by atoms with Crippen LogP contribution in [0.25, 0.3) is 0 Å². The molecule has 0 aliphatic carbocycles. The van der Waals surface area contributed by atoms with E-state index in [-0.39, 0.29) is 17.7 Å². The van der Waals surface area contributed by atoms with Gasteiger partial charge in [0.2, 0.25) is 5.91 Å². The molecule has 0 atom stereocenters. The quantitative estimate of drug-likeness (QED) is 0.750. The lowest BCUT2D eigenvalue weighted by molar-refractivity contribution is -0.117. The van der Waals surface area contributed by atoms with Gasteiger partial charge in [-0.05, 0) is 13.8 Å². The summed E-state index contributed by atoms with van der Waals surface area (Å²) in [5, 5.41) is 9.70. The van der Waals surface area contributed by atoms with Gasteiger partial charge in [-0.25, -0.2) is 0 Å². The number of H-pyrrole nitrogens is 1. The Morgan fingerprint density at radius 2 is 2.00 bits per heavy atom. The van der Waals surface area contributed by atoms with Gasteiger partial charge in [0.1, 0.15) is 0 Å². The van der Waals surface area contributed by atoms with Crippen molar-refractivity contribution in [3.63, 3.8) is 0 Å². The number of aromatic nitrogens is 2. The first-order valence-corrected chi connectivity index (χ1v) is 5.72. The van der Waals surface area contributed by atoms with Crippen molar-refractivity contribution in [2.75, 3.05) is 5.32 Å². The first-order valence-electron chi connectivity index (χ1n) is 5.72. The predicted octanol–water partition coefficient (Wildman–Crippen LogP) is 1.77. The lowest BCUT2D eigenvalue weighted by Gasteiger charge is -2.17. The number of amides is 1. The molecule has 1 aromatic rings. The van der Waals surface area contributed by atoms with E-state index >= 15 is 0 Å². The fourth-order valence-corrected chi connectivity index (χ4v) is 1.37. The SMILES string of the molecule is CC(C)(N)CC(=O)Nc1cc(C(C)(C)C)[nH]n1. The number of rotatable bonds is 3. The summed E-state index contributed by atoms with van der Waals surface area (Å²) in [6, 6.07) is 1.85. The van der Waals surface area contributed by atoms with Crippen LogP contribution in [0, 0.1) is 0 Å². The van der Waals surface area contributed by atoms with Crippen LogP contribution in [0.5, 0.6) is 0 Å². The Kier molecular flexibility index (Phi) is 3.62. The van der Waals surface area contributed by atoms with Crippen LogP contribution in [0.15, 0.2) is 6.07 Å². The summed E-state index contributed by atoms with van der Waals surface area (Å²) in [5.74, 6) is 0.425. The van der Waals surface area contributed by atoms with Crippen LogP contribution in [0.2, 0.25) is 0 Å². The minimum absolute atomic E-state index is 0.0108. The number of hydrogen-bond donors (Lipinski definition) is 3. The molecule has 4 N–H and O–H groups in total. The lowest BCUT2D eigenvalue weighted by Crippen LogP contribution is -2.36. The first kappa shape index (κ1) is 13.7. The van der Waals surface area contributed by atoms with E-state index in [2.05, 4.69) is 36.3 Å². The maximum Gasteiger partial charge on any atom is 0.227 e. The average Bonchev–Trinajstić information content (AvgIpc) is 2.47. The fourth-order valence-electron chi connectivity index (χ4n) is 1.37. The van der Waals surface area contributed by atoms with Gasteiger partial charge in [-0.15, -0.1) is 0 Å². The van der Waals surface area contributed by atoms with E-state index in [1.807, 2.05) is 19.9 Å². The molecule has 0 bridgehead atoms. The van der Waals surface area contributed by atoms with Gasteiger partial charge in [0, 0.05) is 29.1 Å². The van der Waals surface area contributed by atoms with Crippen molar-refractivity contribution < 1.29 is 4.79 Å². The van der Waals surface area contributed by atoms with Crippen LogP contribution in [0.1, 0.15) is 46.7 Å². The monoisotopic (exact) mass is 238 g/mol. The Bertz CT molecular complexity index is 395. The van der Waals surface area contributed by atoms with Gasteiger partial charge in [-0.2, -0.15) is 5.10 Å². The molecular weight excluding hydrogens is 216 g/mol. The Morgan fingerprint density at radius 3 is 2.41 bits per heavy atom. The molecule has 0 radical (unpaired) electrons. The van der Waals surface area contributed by atoms with E-state index in [1.165, 1.54) is 0 Å². The van der Waals surface area contributed by atoms with Gasteiger partial charge in [-0.1, -0.05) is 20.8 Å². The Balaban J connectivity index is 2.65. The molecule has 5 heteroatoms. The summed E-state index contributed by atoms with van der Waals surface area (Å²) in [5.41, 5.74) is 6.24. The number of hydrogen-bond acceptors (Lipinski definition) is 3. The molecule has 96 valence electrons. The van der Waals surface area contributed by atoms with E-state index in [0.717, 1.165) is 5.69 Å². The van der Waals surface area contributed by atoms with Gasteiger partial charge in [-0.3, -0.25) is 9.89 Å². The van der Waals surface area contributed by atoms with Crippen LogP contribution in [-0.2, 0) is 10.2 Å². The van der Waals surface area contributed by atoms with Crippen LogP contribution in [0.3, 0.4) is 0 Å². The van der Waals surface area contributed by atoms with Crippen molar-refractivity contribution in [1.29, 1.82) is 0 Å². The van der Waals surface area contributed by atoms with Crippen molar-refractivity contribution in [3.05, 3.63) is 11.8 Å². The third kappa shape index (κ3) is 4.56. The van der Waals surface area contributed by atoms with Crippen LogP contribution >= 0.6 is 0 Å². The molecule has 1 aromatic heterocycles. The standard InChI is InChI=1S/C12H22N4O/c1-11(2,3)8-6-9(16-15-8)14-10(17)7-12(4,5)13/h6H,7,13H2,1-5H3,(H2,14,15,16,17). The summed E-state index contributed by atoms with van der Waals surface area (Å²) in [7, 11) is 0. The number of nitrogens with zero attached hydrogens (tertiary/aromatic N) is 1. The van der Waals surface area contributed by atoms with E-state index in [0.29, 0.717) is 5.82 Å². The highest BCUT2D eigenvalue weighted by molar-refractivity contribution is 5.90. The summed E-state index contributed by atoms with van der Waals surface area (Å²) in [6.07, 6.45) is 0.269. The first-order chi connectivity index (χ1) is 7.58. The Labute approximate surface area is 102 Å². The van der Waals surface area contributed by atoms with Gasteiger partial charge in [0.05, 0.1) is 0 Å². The lowest BCUT2D eigenvalue weighted by atomic mass is 9.92. The van der Waals surface area contributed by atoms with Crippen molar-refractivity contribution in [2.24, 2.45) is 5.73 Å². The molecule has 0 unspecified atom stereocenters. The van der Waals surface area contributed by atoms with Crippen LogP contribution in [0.4, 0.5) is 5.82 Å². The van der Waals surface area contributed by atoms with E-state index in [9.17, 15) is 4.79 Å². The molecule has 0 aliphatic rings. The number of aromatic amines is 1. The molecule has 0 saturated heterocycles. The second-order valence-electron chi connectivity index (χ2n) is 6.13. The zero-order valence-corrected chi connectivity index (χ0v) is 11.2. The van der Waals surface area contributed by atoms with Crippen molar-refractivity contribution in [3.8, 4) is 0 Å². The summed E-state index contributed by atoms with van der Waals surface area (Å²) < 4.78 is 0. The molecule has 0 aliphatic heterocycles. The summed E-state index contributed by atoms with van der Waals surface area (Å²) >= 11 is 0. The number of nitrogens with one attached hydrogen (secondary N) is 2. The smallest absolute Gasteiger partial charge is 0.227 e. The molecule has 5 nitrogen and oxygen atoms in total. The second-order valence-corrected chi connectivity index (χ2v) is 6.13. The van der Waals surface area contributed by atoms with Crippen molar-refractivity contribution >= 4 is 11.7 Å². The number of nitrogens with two attached hydrogens (primary N) is 1. The molecule has 0 spiro atoms. The van der Waals surface area contributed by atoms with Crippen LogP contribution < -0.4 is 11.1 Å². The molecule has 1 amide bonds. The van der Waals surface area contributed by atoms with Gasteiger partial charge in [0.25, 0.3) is 0 Å². The molecular formula is C12H22N4O. The molecule has 0 fully saturated rings. The second kappa shape index (κ2) is 4.49. The topological polar surface area (TPSA) is 83.8 Å². The highest BCUT2D eigenvalue weighted by atomic mass is 16.1. The summed E-state index contributed by atoms with van der Waals surface area (Å²) in [4.78, 5) is 11.6. The zero-order valence-electron chi connectivity index (χ0n) is 11.2. The molecule has 1 heterocycles. The molecule has 1 rings (SSSR count). The van der Waals surface area contributed by atoms with E-state index in [4.69, 9.17) is 5.73 Å². The number of carbonyl (C=O) groups is 1.